The number of methoxy groups -OCH3 is 1. The maximum Gasteiger partial charge on any atom is 0.282 e. The highest BCUT2D eigenvalue weighted by molar-refractivity contribution is 6.45. The van der Waals surface area contributed by atoms with Gasteiger partial charge in [-0.15, -0.1) is 0 Å². The second-order valence-electron chi connectivity index (χ2n) is 7.54. The highest BCUT2D eigenvalue weighted by atomic mass is 19.1. The largest absolute Gasteiger partial charge is 0.497 e. The van der Waals surface area contributed by atoms with Gasteiger partial charge < -0.3 is 14.4 Å². The summed E-state index contributed by atoms with van der Waals surface area (Å²) in [5, 5.41) is 0. The Bertz CT molecular complexity index is 991. The van der Waals surface area contributed by atoms with Crippen LogP contribution in [0.3, 0.4) is 0 Å². The predicted octanol–water partition coefficient (Wildman–Crippen LogP) is 3.23. The van der Waals surface area contributed by atoms with Gasteiger partial charge >= 0.3 is 0 Å². The molecule has 1 saturated heterocycles. The molecule has 7 heteroatoms. The summed E-state index contributed by atoms with van der Waals surface area (Å²) in [6.45, 7) is 4.84. The van der Waals surface area contributed by atoms with Gasteiger partial charge in [-0.25, -0.2) is 9.29 Å². The minimum absolute atomic E-state index is 0.0892. The molecule has 0 bridgehead atoms. The molecule has 30 heavy (non-hydrogen) atoms. The first kappa shape index (κ1) is 20.1. The van der Waals surface area contributed by atoms with Crippen LogP contribution in [0.1, 0.15) is 19.4 Å². The van der Waals surface area contributed by atoms with Gasteiger partial charge in [0.05, 0.1) is 30.6 Å². The standard InChI is InChI=1S/C23H23FN2O4/c1-14-12-25(13-15(2)30-14)21-20(16-4-6-17(24)7-5-16)22(27)26(23(21)28)18-8-10-19(29-3)11-9-18/h4-11,14-15H,12-13H2,1-3H3. The summed E-state index contributed by atoms with van der Waals surface area (Å²) in [5.74, 6) is -0.608. The molecular formula is C23H23FN2O4. The van der Waals surface area contributed by atoms with Crippen LogP contribution in [0.5, 0.6) is 5.75 Å². The number of amides is 2. The van der Waals surface area contributed by atoms with E-state index in [9.17, 15) is 14.0 Å². The number of carbonyl (C=O) groups is 2. The van der Waals surface area contributed by atoms with Crippen LogP contribution in [0.15, 0.2) is 54.2 Å². The Morgan fingerprint density at radius 3 is 2.10 bits per heavy atom. The number of carbonyl (C=O) groups excluding carboxylic acids is 2. The zero-order chi connectivity index (χ0) is 21.4. The molecule has 2 unspecified atom stereocenters. The lowest BCUT2D eigenvalue weighted by Crippen LogP contribution is -2.47. The van der Waals surface area contributed by atoms with Crippen molar-refractivity contribution in [1.29, 1.82) is 0 Å². The van der Waals surface area contributed by atoms with Gasteiger partial charge in [0.2, 0.25) is 0 Å². The molecule has 156 valence electrons. The lowest BCUT2D eigenvalue weighted by atomic mass is 10.0. The molecule has 0 aliphatic carbocycles. The number of benzene rings is 2. The molecule has 2 aliphatic heterocycles. The molecule has 0 saturated carbocycles. The molecule has 0 aromatic heterocycles. The van der Waals surface area contributed by atoms with Crippen LogP contribution in [-0.4, -0.2) is 49.1 Å². The minimum atomic E-state index is -0.432. The second kappa shape index (κ2) is 7.91. The molecule has 4 rings (SSSR count). The van der Waals surface area contributed by atoms with Crippen molar-refractivity contribution in [2.45, 2.75) is 26.1 Å². The second-order valence-corrected chi connectivity index (χ2v) is 7.54. The first-order chi connectivity index (χ1) is 14.4. The number of imide groups is 1. The first-order valence-electron chi connectivity index (χ1n) is 9.82. The highest BCUT2D eigenvalue weighted by Crippen LogP contribution is 2.36. The summed E-state index contributed by atoms with van der Waals surface area (Å²) >= 11 is 0. The lowest BCUT2D eigenvalue weighted by molar-refractivity contribution is -0.121. The van der Waals surface area contributed by atoms with Gasteiger partial charge in [0, 0.05) is 13.1 Å². The third-order valence-corrected chi connectivity index (χ3v) is 5.26. The quantitative estimate of drug-likeness (QED) is 0.725. The molecule has 0 N–H and O–H groups in total. The number of rotatable bonds is 4. The summed E-state index contributed by atoms with van der Waals surface area (Å²) in [6, 6.07) is 12.4. The van der Waals surface area contributed by atoms with E-state index in [0.29, 0.717) is 35.8 Å². The summed E-state index contributed by atoms with van der Waals surface area (Å²) in [4.78, 5) is 30.0. The van der Waals surface area contributed by atoms with Crippen molar-refractivity contribution in [2.24, 2.45) is 0 Å². The number of morpholine rings is 1. The van der Waals surface area contributed by atoms with E-state index in [1.807, 2.05) is 18.7 Å². The third kappa shape index (κ3) is 3.57. The number of hydrogen-bond donors (Lipinski definition) is 0. The van der Waals surface area contributed by atoms with Crippen molar-refractivity contribution in [2.75, 3.05) is 25.1 Å². The summed E-state index contributed by atoms with van der Waals surface area (Å²) < 4.78 is 24.5. The van der Waals surface area contributed by atoms with Crippen LogP contribution in [0, 0.1) is 5.82 Å². The number of hydrogen-bond acceptors (Lipinski definition) is 5. The van der Waals surface area contributed by atoms with Gasteiger partial charge in [-0.1, -0.05) is 12.1 Å². The van der Waals surface area contributed by atoms with E-state index in [1.54, 1.807) is 31.4 Å². The summed E-state index contributed by atoms with van der Waals surface area (Å²) in [5.41, 5.74) is 1.56. The van der Waals surface area contributed by atoms with Gasteiger partial charge in [-0.05, 0) is 55.8 Å². The SMILES string of the molecule is COc1ccc(N2C(=O)C(c3ccc(F)cc3)=C(N3CC(C)OC(C)C3)C2=O)cc1. The predicted molar refractivity (Wildman–Crippen MR) is 110 cm³/mol. The Kier molecular flexibility index (Phi) is 5.30. The van der Waals surface area contributed by atoms with E-state index in [2.05, 4.69) is 0 Å². The van der Waals surface area contributed by atoms with E-state index in [0.717, 1.165) is 4.90 Å². The average Bonchev–Trinajstić information content (AvgIpc) is 2.98. The van der Waals surface area contributed by atoms with Crippen molar-refractivity contribution < 1.29 is 23.5 Å². The fourth-order valence-electron chi connectivity index (χ4n) is 4.01. The van der Waals surface area contributed by atoms with Crippen LogP contribution in [0.4, 0.5) is 10.1 Å². The molecule has 2 amide bonds. The maximum atomic E-state index is 13.5. The van der Waals surface area contributed by atoms with Crippen LogP contribution >= 0.6 is 0 Å². The molecule has 0 spiro atoms. The number of anilines is 1. The van der Waals surface area contributed by atoms with E-state index < -0.39 is 17.6 Å². The first-order valence-corrected chi connectivity index (χ1v) is 9.82. The van der Waals surface area contributed by atoms with Crippen molar-refractivity contribution in [3.63, 3.8) is 0 Å². The van der Waals surface area contributed by atoms with E-state index >= 15 is 0 Å². The Hall–Kier alpha value is -3.19. The Morgan fingerprint density at radius 1 is 0.933 bits per heavy atom. The van der Waals surface area contributed by atoms with Crippen LogP contribution < -0.4 is 9.64 Å². The molecule has 2 aromatic rings. The molecule has 0 radical (unpaired) electrons. The van der Waals surface area contributed by atoms with Crippen molar-refractivity contribution >= 4 is 23.1 Å². The lowest BCUT2D eigenvalue weighted by Gasteiger charge is -2.37. The van der Waals surface area contributed by atoms with Gasteiger partial charge in [-0.2, -0.15) is 0 Å². The van der Waals surface area contributed by atoms with Gasteiger partial charge in [0.15, 0.2) is 0 Å². The van der Waals surface area contributed by atoms with Crippen molar-refractivity contribution in [1.82, 2.24) is 4.90 Å². The summed E-state index contributed by atoms with van der Waals surface area (Å²) in [7, 11) is 1.55. The Labute approximate surface area is 174 Å². The monoisotopic (exact) mass is 410 g/mol. The van der Waals surface area contributed by atoms with Crippen LogP contribution in [0.25, 0.3) is 5.57 Å². The summed E-state index contributed by atoms with van der Waals surface area (Å²) in [6.07, 6.45) is -0.178. The molecule has 2 atom stereocenters. The smallest absolute Gasteiger partial charge is 0.282 e. The maximum absolute atomic E-state index is 13.5. The number of ether oxygens (including phenoxy) is 2. The van der Waals surface area contributed by atoms with Crippen molar-refractivity contribution in [3.8, 4) is 5.75 Å². The van der Waals surface area contributed by atoms with E-state index in [4.69, 9.17) is 9.47 Å². The molecule has 1 fully saturated rings. The van der Waals surface area contributed by atoms with Crippen LogP contribution in [0.2, 0.25) is 0 Å². The van der Waals surface area contributed by atoms with Crippen LogP contribution in [-0.2, 0) is 14.3 Å². The molecule has 2 aromatic carbocycles. The number of nitrogens with zero attached hydrogens (tertiary/aromatic N) is 2. The Balaban J connectivity index is 1.80. The van der Waals surface area contributed by atoms with Gasteiger partial charge in [-0.3, -0.25) is 9.59 Å². The van der Waals surface area contributed by atoms with Gasteiger partial charge in [0.1, 0.15) is 17.3 Å². The molecule has 6 nitrogen and oxygen atoms in total. The van der Waals surface area contributed by atoms with Crippen molar-refractivity contribution in [3.05, 3.63) is 65.6 Å². The highest BCUT2D eigenvalue weighted by Gasteiger charge is 2.43. The van der Waals surface area contributed by atoms with Gasteiger partial charge in [0.25, 0.3) is 11.8 Å². The molecular weight excluding hydrogens is 387 g/mol. The normalized spacial score (nSPS) is 22.1. The molecule has 2 heterocycles. The average molecular weight is 410 g/mol. The Morgan fingerprint density at radius 2 is 1.53 bits per heavy atom. The number of halogens is 1. The third-order valence-electron chi connectivity index (χ3n) is 5.26. The van der Waals surface area contributed by atoms with E-state index in [1.165, 1.54) is 24.3 Å². The fraction of sp³-hybridized carbons (Fsp3) is 0.304. The molecule has 2 aliphatic rings. The zero-order valence-corrected chi connectivity index (χ0v) is 17.1. The minimum Gasteiger partial charge on any atom is -0.497 e. The zero-order valence-electron chi connectivity index (χ0n) is 17.1. The van der Waals surface area contributed by atoms with E-state index in [-0.39, 0.29) is 17.8 Å². The topological polar surface area (TPSA) is 59.1 Å². The fourth-order valence-corrected chi connectivity index (χ4v) is 4.01.